The Bertz CT molecular complexity index is 1370. The molecule has 0 saturated carbocycles. The number of aryl methyl sites for hydroxylation is 2. The summed E-state index contributed by atoms with van der Waals surface area (Å²) in [6, 6.07) is 35.9. The van der Waals surface area contributed by atoms with Gasteiger partial charge in [0.15, 0.2) is 0 Å². The minimum Gasteiger partial charge on any atom is -0.255 e. The van der Waals surface area contributed by atoms with E-state index in [1.807, 2.05) is 24.3 Å². The van der Waals surface area contributed by atoms with Crippen LogP contribution in [-0.4, -0.2) is 9.97 Å². The highest BCUT2D eigenvalue weighted by Gasteiger charge is 2.10. The van der Waals surface area contributed by atoms with E-state index in [4.69, 9.17) is 4.98 Å². The largest absolute Gasteiger partial charge is 0.255 e. The van der Waals surface area contributed by atoms with Crippen molar-refractivity contribution in [1.82, 2.24) is 9.97 Å². The number of nitrogens with zero attached hydrogens (tertiary/aromatic N) is 2. The lowest BCUT2D eigenvalue weighted by Crippen LogP contribution is -1.93. The highest BCUT2D eigenvalue weighted by molar-refractivity contribution is 5.78. The quantitative estimate of drug-likeness (QED) is 0.301. The van der Waals surface area contributed by atoms with E-state index in [-0.39, 0.29) is 0 Å². The van der Waals surface area contributed by atoms with E-state index in [1.54, 1.807) is 6.20 Å². The maximum absolute atomic E-state index is 4.92. The van der Waals surface area contributed by atoms with E-state index in [1.165, 1.54) is 33.4 Å². The van der Waals surface area contributed by atoms with Gasteiger partial charge in [0.1, 0.15) is 0 Å². The summed E-state index contributed by atoms with van der Waals surface area (Å²) in [5.41, 5.74) is 11.3. The van der Waals surface area contributed by atoms with Crippen LogP contribution < -0.4 is 0 Å². The molecule has 32 heavy (non-hydrogen) atoms. The Balaban J connectivity index is 1.54. The van der Waals surface area contributed by atoms with Gasteiger partial charge in [0.25, 0.3) is 0 Å². The van der Waals surface area contributed by atoms with Crippen molar-refractivity contribution in [3.05, 3.63) is 120 Å². The van der Waals surface area contributed by atoms with Crippen LogP contribution in [0.1, 0.15) is 11.1 Å². The number of hydrogen-bond donors (Lipinski definition) is 0. The SMILES string of the molecule is Cc1cc(-c2ccccc2)ccc1-c1ccc(C)c(-c2cccc(-c3ccccn3)n2)c1. The summed E-state index contributed by atoms with van der Waals surface area (Å²) >= 11 is 0. The number of hydrogen-bond acceptors (Lipinski definition) is 2. The van der Waals surface area contributed by atoms with Crippen molar-refractivity contribution < 1.29 is 0 Å². The van der Waals surface area contributed by atoms with Crippen molar-refractivity contribution >= 4 is 0 Å². The Morgan fingerprint density at radius 2 is 1.22 bits per heavy atom. The van der Waals surface area contributed by atoms with E-state index in [0.29, 0.717) is 0 Å². The van der Waals surface area contributed by atoms with Crippen LogP contribution in [0.5, 0.6) is 0 Å². The second kappa shape index (κ2) is 8.60. The number of benzene rings is 3. The first-order valence-electron chi connectivity index (χ1n) is 10.8. The van der Waals surface area contributed by atoms with Gasteiger partial charge >= 0.3 is 0 Å². The van der Waals surface area contributed by atoms with Gasteiger partial charge in [0.2, 0.25) is 0 Å². The zero-order valence-corrected chi connectivity index (χ0v) is 18.3. The molecule has 2 aromatic heterocycles. The molecule has 2 heterocycles. The van der Waals surface area contributed by atoms with Crippen molar-refractivity contribution in [3.8, 4) is 44.9 Å². The summed E-state index contributed by atoms with van der Waals surface area (Å²) in [7, 11) is 0. The van der Waals surface area contributed by atoms with Crippen molar-refractivity contribution in [2.24, 2.45) is 0 Å². The summed E-state index contributed by atoms with van der Waals surface area (Å²) in [6.07, 6.45) is 1.80. The van der Waals surface area contributed by atoms with Gasteiger partial charge in [0, 0.05) is 11.8 Å². The summed E-state index contributed by atoms with van der Waals surface area (Å²) in [4.78, 5) is 9.38. The van der Waals surface area contributed by atoms with Crippen molar-refractivity contribution in [2.75, 3.05) is 0 Å². The molecule has 2 nitrogen and oxygen atoms in total. The van der Waals surface area contributed by atoms with Crippen molar-refractivity contribution in [1.29, 1.82) is 0 Å². The second-order valence-electron chi connectivity index (χ2n) is 8.05. The molecule has 0 atom stereocenters. The molecule has 0 radical (unpaired) electrons. The lowest BCUT2D eigenvalue weighted by molar-refractivity contribution is 1.24. The Morgan fingerprint density at radius 3 is 2.00 bits per heavy atom. The molecule has 0 bridgehead atoms. The van der Waals surface area contributed by atoms with Crippen LogP contribution in [0.3, 0.4) is 0 Å². The van der Waals surface area contributed by atoms with Crippen molar-refractivity contribution in [3.63, 3.8) is 0 Å². The average molecular weight is 413 g/mol. The lowest BCUT2D eigenvalue weighted by Gasteiger charge is -2.13. The van der Waals surface area contributed by atoms with E-state index < -0.39 is 0 Å². The normalized spacial score (nSPS) is 10.8. The fourth-order valence-corrected chi connectivity index (χ4v) is 4.10. The Kier molecular flexibility index (Phi) is 5.35. The molecule has 0 aliphatic rings. The molecule has 5 rings (SSSR count). The minimum absolute atomic E-state index is 0.885. The smallest absolute Gasteiger partial charge is 0.0893 e. The summed E-state index contributed by atoms with van der Waals surface area (Å²) in [5.74, 6) is 0. The molecular formula is C30H24N2. The fraction of sp³-hybridized carbons (Fsp3) is 0.0667. The zero-order chi connectivity index (χ0) is 21.9. The molecule has 0 fully saturated rings. The van der Waals surface area contributed by atoms with E-state index >= 15 is 0 Å². The molecule has 0 N–H and O–H groups in total. The van der Waals surface area contributed by atoms with Crippen LogP contribution in [-0.2, 0) is 0 Å². The van der Waals surface area contributed by atoms with Crippen LogP contribution in [0.2, 0.25) is 0 Å². The molecule has 0 aliphatic carbocycles. The first-order chi connectivity index (χ1) is 15.7. The van der Waals surface area contributed by atoms with Gasteiger partial charge in [-0.05, 0) is 77.6 Å². The molecule has 5 aromatic rings. The van der Waals surface area contributed by atoms with Crippen LogP contribution in [0.4, 0.5) is 0 Å². The first-order valence-corrected chi connectivity index (χ1v) is 10.8. The van der Waals surface area contributed by atoms with Gasteiger partial charge < -0.3 is 0 Å². The van der Waals surface area contributed by atoms with Gasteiger partial charge in [0.05, 0.1) is 17.1 Å². The third-order valence-electron chi connectivity index (χ3n) is 5.83. The number of rotatable bonds is 4. The van der Waals surface area contributed by atoms with Crippen LogP contribution in [0.15, 0.2) is 109 Å². The van der Waals surface area contributed by atoms with Crippen LogP contribution in [0, 0.1) is 13.8 Å². The molecule has 3 aromatic carbocycles. The van der Waals surface area contributed by atoms with E-state index in [9.17, 15) is 0 Å². The number of pyridine rings is 2. The summed E-state index contributed by atoms with van der Waals surface area (Å²) in [6.45, 7) is 4.32. The van der Waals surface area contributed by atoms with Crippen LogP contribution in [0.25, 0.3) is 44.9 Å². The molecule has 0 aliphatic heterocycles. The molecule has 0 spiro atoms. The highest BCUT2D eigenvalue weighted by atomic mass is 14.8. The minimum atomic E-state index is 0.885. The summed E-state index contributed by atoms with van der Waals surface area (Å²) in [5, 5.41) is 0. The fourth-order valence-electron chi connectivity index (χ4n) is 4.10. The number of aromatic nitrogens is 2. The predicted octanol–water partition coefficient (Wildman–Crippen LogP) is 7.76. The predicted molar refractivity (Wildman–Crippen MR) is 133 cm³/mol. The van der Waals surface area contributed by atoms with Crippen LogP contribution >= 0.6 is 0 Å². The Labute approximate surface area is 189 Å². The van der Waals surface area contributed by atoms with Gasteiger partial charge in [-0.2, -0.15) is 0 Å². The maximum atomic E-state index is 4.92. The lowest BCUT2D eigenvalue weighted by atomic mass is 9.93. The standard InChI is InChI=1S/C30H24N2/c1-21-14-15-25(26-17-16-24(19-22(26)2)23-9-4-3-5-10-23)20-27(21)28-12-8-13-30(32-28)29-11-6-7-18-31-29/h3-20H,1-2H3. The maximum Gasteiger partial charge on any atom is 0.0893 e. The topological polar surface area (TPSA) is 25.8 Å². The second-order valence-corrected chi connectivity index (χ2v) is 8.05. The Hall–Kier alpha value is -4.04. The molecule has 154 valence electrons. The monoisotopic (exact) mass is 412 g/mol. The van der Waals surface area contributed by atoms with E-state index in [0.717, 1.165) is 22.6 Å². The van der Waals surface area contributed by atoms with Gasteiger partial charge in [-0.15, -0.1) is 0 Å². The molecular weight excluding hydrogens is 388 g/mol. The van der Waals surface area contributed by atoms with Gasteiger partial charge in [-0.25, -0.2) is 4.98 Å². The highest BCUT2D eigenvalue weighted by Crippen LogP contribution is 2.33. The third kappa shape index (κ3) is 3.95. The molecule has 0 saturated heterocycles. The average Bonchev–Trinajstić information content (AvgIpc) is 2.86. The molecule has 0 unspecified atom stereocenters. The first kappa shape index (κ1) is 19.9. The molecule has 0 amide bonds. The molecule has 2 heteroatoms. The zero-order valence-electron chi connectivity index (χ0n) is 18.3. The Morgan fingerprint density at radius 1 is 0.469 bits per heavy atom. The van der Waals surface area contributed by atoms with Crippen molar-refractivity contribution in [2.45, 2.75) is 13.8 Å². The summed E-state index contributed by atoms with van der Waals surface area (Å²) < 4.78 is 0. The third-order valence-corrected chi connectivity index (χ3v) is 5.83. The van der Waals surface area contributed by atoms with E-state index in [2.05, 4.69) is 97.7 Å². The van der Waals surface area contributed by atoms with Gasteiger partial charge in [-0.3, -0.25) is 4.98 Å². The van der Waals surface area contributed by atoms with Gasteiger partial charge in [-0.1, -0.05) is 72.8 Å².